The molecule has 1 heterocycles. The Labute approximate surface area is 124 Å². The van der Waals surface area contributed by atoms with Crippen molar-refractivity contribution in [3.05, 3.63) is 60.4 Å². The van der Waals surface area contributed by atoms with Crippen LogP contribution in [-0.4, -0.2) is 16.2 Å². The molecule has 0 radical (unpaired) electrons. The van der Waals surface area contributed by atoms with Crippen molar-refractivity contribution in [2.24, 2.45) is 5.73 Å². The summed E-state index contributed by atoms with van der Waals surface area (Å²) in [7, 11) is 0. The van der Waals surface area contributed by atoms with Crippen LogP contribution < -0.4 is 10.5 Å². The lowest BCUT2D eigenvalue weighted by molar-refractivity contribution is 0.333. The van der Waals surface area contributed by atoms with Crippen LogP contribution in [0.1, 0.15) is 18.5 Å². The zero-order valence-electron chi connectivity index (χ0n) is 12.1. The third kappa shape index (κ3) is 2.76. The molecule has 2 N–H and O–H groups in total. The minimum Gasteiger partial charge on any atom is -0.494 e. The second-order valence-corrected chi connectivity index (χ2v) is 4.96. The van der Waals surface area contributed by atoms with Gasteiger partial charge in [-0.05, 0) is 25.1 Å². The first-order valence-electron chi connectivity index (χ1n) is 7.16. The minimum absolute atomic E-state index is 0.134. The summed E-state index contributed by atoms with van der Waals surface area (Å²) >= 11 is 0. The molecule has 0 aliphatic carbocycles. The molecule has 3 aromatic rings. The molecule has 0 aliphatic rings. The third-order valence-electron chi connectivity index (χ3n) is 3.54. The molecule has 0 amide bonds. The lowest BCUT2D eigenvalue weighted by Crippen LogP contribution is -2.18. The van der Waals surface area contributed by atoms with E-state index in [9.17, 15) is 0 Å². The Bertz CT molecular complexity index is 735. The minimum atomic E-state index is -0.134. The van der Waals surface area contributed by atoms with Crippen LogP contribution in [0, 0.1) is 0 Å². The molecule has 108 valence electrons. The van der Waals surface area contributed by atoms with Gasteiger partial charge < -0.3 is 15.0 Å². The van der Waals surface area contributed by atoms with Crippen molar-refractivity contribution < 1.29 is 4.74 Å². The monoisotopic (exact) mass is 281 g/mol. The Morgan fingerprint density at radius 3 is 2.76 bits per heavy atom. The van der Waals surface area contributed by atoms with E-state index in [0.29, 0.717) is 13.2 Å². The van der Waals surface area contributed by atoms with Crippen LogP contribution >= 0.6 is 0 Å². The first-order valence-corrected chi connectivity index (χ1v) is 7.16. The number of para-hydroxylation sites is 3. The van der Waals surface area contributed by atoms with Gasteiger partial charge in [-0.3, -0.25) is 0 Å². The van der Waals surface area contributed by atoms with Gasteiger partial charge in [-0.25, -0.2) is 4.98 Å². The molecule has 0 bridgehead atoms. The number of imidazole rings is 1. The SMILES string of the molecule is CCOc1ccccc1C(N)Cn1cnc2ccccc21. The van der Waals surface area contributed by atoms with E-state index < -0.39 is 0 Å². The van der Waals surface area contributed by atoms with Crippen molar-refractivity contribution in [1.82, 2.24) is 9.55 Å². The number of hydrogen-bond donors (Lipinski definition) is 1. The van der Waals surface area contributed by atoms with Crippen LogP contribution in [0.25, 0.3) is 11.0 Å². The van der Waals surface area contributed by atoms with Gasteiger partial charge in [-0.2, -0.15) is 0 Å². The molecule has 0 fully saturated rings. The van der Waals surface area contributed by atoms with E-state index in [2.05, 4.69) is 15.6 Å². The van der Waals surface area contributed by atoms with Gasteiger partial charge in [0.1, 0.15) is 5.75 Å². The van der Waals surface area contributed by atoms with E-state index in [4.69, 9.17) is 10.5 Å². The lowest BCUT2D eigenvalue weighted by atomic mass is 10.1. The van der Waals surface area contributed by atoms with Gasteiger partial charge in [-0.1, -0.05) is 30.3 Å². The summed E-state index contributed by atoms with van der Waals surface area (Å²) in [5, 5.41) is 0. The van der Waals surface area contributed by atoms with Crippen molar-refractivity contribution in [3.8, 4) is 5.75 Å². The quantitative estimate of drug-likeness (QED) is 0.781. The molecule has 21 heavy (non-hydrogen) atoms. The van der Waals surface area contributed by atoms with E-state index in [-0.39, 0.29) is 6.04 Å². The van der Waals surface area contributed by atoms with Gasteiger partial charge in [0.25, 0.3) is 0 Å². The summed E-state index contributed by atoms with van der Waals surface area (Å²) in [5.74, 6) is 0.858. The number of hydrogen-bond acceptors (Lipinski definition) is 3. The van der Waals surface area contributed by atoms with Crippen LogP contribution in [0.15, 0.2) is 54.9 Å². The predicted octanol–water partition coefficient (Wildman–Crippen LogP) is 3.14. The Morgan fingerprint density at radius 1 is 1.14 bits per heavy atom. The summed E-state index contributed by atoms with van der Waals surface area (Å²) < 4.78 is 7.75. The summed E-state index contributed by atoms with van der Waals surface area (Å²) in [6, 6.07) is 15.9. The Balaban J connectivity index is 1.88. The van der Waals surface area contributed by atoms with Crippen molar-refractivity contribution >= 4 is 11.0 Å². The summed E-state index contributed by atoms with van der Waals surface area (Å²) in [5.41, 5.74) is 9.49. The molecule has 2 aromatic carbocycles. The molecule has 0 aliphatic heterocycles. The molecule has 3 rings (SSSR count). The van der Waals surface area contributed by atoms with Crippen LogP contribution in [0.4, 0.5) is 0 Å². The fourth-order valence-corrected chi connectivity index (χ4v) is 2.54. The highest BCUT2D eigenvalue weighted by Crippen LogP contribution is 2.25. The Hall–Kier alpha value is -2.33. The largest absolute Gasteiger partial charge is 0.494 e. The summed E-state index contributed by atoms with van der Waals surface area (Å²) in [6.07, 6.45) is 1.84. The van der Waals surface area contributed by atoms with Crippen molar-refractivity contribution in [1.29, 1.82) is 0 Å². The molecule has 0 saturated heterocycles. The molecular weight excluding hydrogens is 262 g/mol. The number of nitrogens with zero attached hydrogens (tertiary/aromatic N) is 2. The Morgan fingerprint density at radius 2 is 1.90 bits per heavy atom. The highest BCUT2D eigenvalue weighted by molar-refractivity contribution is 5.74. The maximum Gasteiger partial charge on any atom is 0.124 e. The fraction of sp³-hybridized carbons (Fsp3) is 0.235. The fourth-order valence-electron chi connectivity index (χ4n) is 2.54. The molecule has 1 unspecified atom stereocenters. The number of fused-ring (bicyclic) bond motifs is 1. The number of benzene rings is 2. The van der Waals surface area contributed by atoms with Gasteiger partial charge >= 0.3 is 0 Å². The van der Waals surface area contributed by atoms with Crippen LogP contribution in [-0.2, 0) is 6.54 Å². The van der Waals surface area contributed by atoms with Crippen molar-refractivity contribution in [2.75, 3.05) is 6.61 Å². The highest BCUT2D eigenvalue weighted by Gasteiger charge is 2.13. The van der Waals surface area contributed by atoms with Gasteiger partial charge in [0, 0.05) is 12.1 Å². The van der Waals surface area contributed by atoms with Crippen LogP contribution in [0.5, 0.6) is 5.75 Å². The molecule has 4 heteroatoms. The second kappa shape index (κ2) is 5.97. The summed E-state index contributed by atoms with van der Waals surface area (Å²) in [4.78, 5) is 4.40. The van der Waals surface area contributed by atoms with E-state index in [0.717, 1.165) is 22.3 Å². The van der Waals surface area contributed by atoms with Gasteiger partial charge in [0.2, 0.25) is 0 Å². The topological polar surface area (TPSA) is 53.1 Å². The number of nitrogens with two attached hydrogens (primary N) is 1. The maximum absolute atomic E-state index is 6.38. The second-order valence-electron chi connectivity index (χ2n) is 4.96. The van der Waals surface area contributed by atoms with E-state index in [1.54, 1.807) is 0 Å². The zero-order valence-corrected chi connectivity index (χ0v) is 12.1. The molecular formula is C17H19N3O. The van der Waals surface area contributed by atoms with Crippen molar-refractivity contribution in [3.63, 3.8) is 0 Å². The van der Waals surface area contributed by atoms with E-state index in [1.807, 2.05) is 55.7 Å². The first-order chi connectivity index (χ1) is 10.3. The number of aromatic nitrogens is 2. The Kier molecular flexibility index (Phi) is 3.88. The van der Waals surface area contributed by atoms with Gasteiger partial charge in [-0.15, -0.1) is 0 Å². The van der Waals surface area contributed by atoms with Crippen molar-refractivity contribution in [2.45, 2.75) is 19.5 Å². The van der Waals surface area contributed by atoms with Gasteiger partial charge in [0.05, 0.1) is 30.0 Å². The normalized spacial score (nSPS) is 12.5. The van der Waals surface area contributed by atoms with E-state index >= 15 is 0 Å². The van der Waals surface area contributed by atoms with Crippen LogP contribution in [0.3, 0.4) is 0 Å². The van der Waals surface area contributed by atoms with E-state index in [1.165, 1.54) is 0 Å². The van der Waals surface area contributed by atoms with Crippen LogP contribution in [0.2, 0.25) is 0 Å². The highest BCUT2D eigenvalue weighted by atomic mass is 16.5. The third-order valence-corrected chi connectivity index (χ3v) is 3.54. The summed E-state index contributed by atoms with van der Waals surface area (Å²) in [6.45, 7) is 3.29. The standard InChI is InChI=1S/C17H19N3O/c1-2-21-17-10-6-3-7-13(17)14(18)11-20-12-19-15-8-4-5-9-16(15)20/h3-10,12,14H,2,11,18H2,1H3. The maximum atomic E-state index is 6.38. The molecule has 1 aromatic heterocycles. The average molecular weight is 281 g/mol. The zero-order chi connectivity index (χ0) is 14.7. The molecule has 0 spiro atoms. The lowest BCUT2D eigenvalue weighted by Gasteiger charge is -2.17. The van der Waals surface area contributed by atoms with Gasteiger partial charge in [0.15, 0.2) is 0 Å². The number of rotatable bonds is 5. The number of ether oxygens (including phenoxy) is 1. The molecule has 0 saturated carbocycles. The molecule has 1 atom stereocenters. The first kappa shape index (κ1) is 13.6. The smallest absolute Gasteiger partial charge is 0.124 e. The molecule has 4 nitrogen and oxygen atoms in total. The average Bonchev–Trinajstić information content (AvgIpc) is 2.91. The predicted molar refractivity (Wildman–Crippen MR) is 84.3 cm³/mol.